The summed E-state index contributed by atoms with van der Waals surface area (Å²) in [5, 5.41) is 6.31. The van der Waals surface area contributed by atoms with Gasteiger partial charge in [0.2, 0.25) is 5.91 Å². The van der Waals surface area contributed by atoms with Crippen LogP contribution in [0.5, 0.6) is 0 Å². The molecule has 1 aromatic carbocycles. The highest BCUT2D eigenvalue weighted by atomic mass is 16.1. The lowest BCUT2D eigenvalue weighted by atomic mass is 10.1. The monoisotopic (exact) mass is 234 g/mol. The molecule has 1 aromatic rings. The molecule has 17 heavy (non-hydrogen) atoms. The molecule has 0 saturated heterocycles. The molecule has 0 spiro atoms. The minimum Gasteiger partial charge on any atom is -0.326 e. The Labute approximate surface area is 104 Å². The first kappa shape index (κ1) is 13.7. The van der Waals surface area contributed by atoms with Crippen LogP contribution in [0.3, 0.4) is 0 Å². The minimum atomic E-state index is -0.0330. The zero-order chi connectivity index (χ0) is 12.8. The molecule has 1 unspecified atom stereocenters. The number of para-hydroxylation sites is 1. The zero-order valence-electron chi connectivity index (χ0n) is 11.1. The van der Waals surface area contributed by atoms with Gasteiger partial charge in [-0.2, -0.15) is 0 Å². The van der Waals surface area contributed by atoms with Crippen molar-refractivity contribution in [2.75, 3.05) is 5.32 Å². The highest BCUT2D eigenvalue weighted by Gasteiger charge is 2.08. The largest absolute Gasteiger partial charge is 0.326 e. The standard InChI is InChI=1S/C14H22N2O/c1-10(2)11(3)15-9-13-7-5-6-8-14(13)16-12(4)17/h5-8,10-11,15H,9H2,1-4H3,(H,16,17). The van der Waals surface area contributed by atoms with Gasteiger partial charge in [-0.1, -0.05) is 32.0 Å². The van der Waals surface area contributed by atoms with Crippen molar-refractivity contribution >= 4 is 11.6 Å². The van der Waals surface area contributed by atoms with E-state index in [1.807, 2.05) is 24.3 Å². The Kier molecular flexibility index (Phi) is 5.16. The molecule has 0 saturated carbocycles. The molecule has 0 fully saturated rings. The second-order valence-electron chi connectivity index (χ2n) is 4.75. The lowest BCUT2D eigenvalue weighted by Gasteiger charge is -2.18. The number of hydrogen-bond donors (Lipinski definition) is 2. The van der Waals surface area contributed by atoms with Crippen molar-refractivity contribution < 1.29 is 4.79 Å². The van der Waals surface area contributed by atoms with Crippen molar-refractivity contribution in [1.82, 2.24) is 5.32 Å². The molecule has 0 heterocycles. The normalized spacial score (nSPS) is 12.5. The summed E-state index contributed by atoms with van der Waals surface area (Å²) in [6, 6.07) is 8.34. The Hall–Kier alpha value is -1.35. The highest BCUT2D eigenvalue weighted by molar-refractivity contribution is 5.89. The van der Waals surface area contributed by atoms with E-state index in [1.165, 1.54) is 6.92 Å². The number of carbonyl (C=O) groups excluding carboxylic acids is 1. The fourth-order valence-electron chi connectivity index (χ4n) is 1.49. The Balaban J connectivity index is 2.66. The van der Waals surface area contributed by atoms with E-state index in [-0.39, 0.29) is 5.91 Å². The summed E-state index contributed by atoms with van der Waals surface area (Å²) in [5.41, 5.74) is 2.01. The zero-order valence-corrected chi connectivity index (χ0v) is 11.1. The fourth-order valence-corrected chi connectivity index (χ4v) is 1.49. The first-order valence-corrected chi connectivity index (χ1v) is 6.09. The van der Waals surface area contributed by atoms with Crippen LogP contribution in [-0.2, 0) is 11.3 Å². The van der Waals surface area contributed by atoms with Crippen LogP contribution in [0.1, 0.15) is 33.3 Å². The lowest BCUT2D eigenvalue weighted by Crippen LogP contribution is -2.30. The second kappa shape index (κ2) is 6.40. The maximum Gasteiger partial charge on any atom is 0.221 e. The SMILES string of the molecule is CC(=O)Nc1ccccc1CNC(C)C(C)C. The van der Waals surface area contributed by atoms with E-state index in [9.17, 15) is 4.79 Å². The maximum atomic E-state index is 11.1. The molecule has 1 rings (SSSR count). The van der Waals surface area contributed by atoms with E-state index in [4.69, 9.17) is 0 Å². The van der Waals surface area contributed by atoms with E-state index in [0.717, 1.165) is 17.8 Å². The summed E-state index contributed by atoms with van der Waals surface area (Å²) in [7, 11) is 0. The Morgan fingerprint density at radius 3 is 2.47 bits per heavy atom. The first-order chi connectivity index (χ1) is 8.00. The summed E-state index contributed by atoms with van der Waals surface area (Å²) in [4.78, 5) is 11.1. The van der Waals surface area contributed by atoms with Gasteiger partial charge in [-0.15, -0.1) is 0 Å². The molecular formula is C14H22N2O. The highest BCUT2D eigenvalue weighted by Crippen LogP contribution is 2.15. The second-order valence-corrected chi connectivity index (χ2v) is 4.75. The number of hydrogen-bond acceptors (Lipinski definition) is 2. The van der Waals surface area contributed by atoms with E-state index in [2.05, 4.69) is 31.4 Å². The Morgan fingerprint density at radius 2 is 1.88 bits per heavy atom. The molecule has 0 radical (unpaired) electrons. The molecule has 3 nitrogen and oxygen atoms in total. The van der Waals surface area contributed by atoms with Gasteiger partial charge in [0.15, 0.2) is 0 Å². The van der Waals surface area contributed by atoms with Crippen molar-refractivity contribution in [1.29, 1.82) is 0 Å². The number of carbonyl (C=O) groups is 1. The third-order valence-electron chi connectivity index (χ3n) is 2.94. The fraction of sp³-hybridized carbons (Fsp3) is 0.500. The van der Waals surface area contributed by atoms with Crippen molar-refractivity contribution in [3.05, 3.63) is 29.8 Å². The predicted octanol–water partition coefficient (Wildman–Crippen LogP) is 2.78. The average molecular weight is 234 g/mol. The van der Waals surface area contributed by atoms with Gasteiger partial charge in [0.05, 0.1) is 0 Å². The van der Waals surface area contributed by atoms with Gasteiger partial charge in [0.1, 0.15) is 0 Å². The minimum absolute atomic E-state index is 0.0330. The van der Waals surface area contributed by atoms with E-state index in [0.29, 0.717) is 12.0 Å². The molecule has 0 aliphatic carbocycles. The summed E-state index contributed by atoms with van der Waals surface area (Å²) in [6.45, 7) is 8.86. The van der Waals surface area contributed by atoms with Gasteiger partial charge >= 0.3 is 0 Å². The third kappa shape index (κ3) is 4.57. The molecule has 1 amide bonds. The molecule has 0 aromatic heterocycles. The molecule has 2 N–H and O–H groups in total. The maximum absolute atomic E-state index is 11.1. The van der Waals surface area contributed by atoms with Crippen LogP contribution in [0.25, 0.3) is 0 Å². The van der Waals surface area contributed by atoms with Gasteiger partial charge in [-0.25, -0.2) is 0 Å². The van der Waals surface area contributed by atoms with Crippen molar-refractivity contribution in [3.8, 4) is 0 Å². The van der Waals surface area contributed by atoms with Crippen LogP contribution in [0.15, 0.2) is 24.3 Å². The van der Waals surface area contributed by atoms with Gasteiger partial charge in [0, 0.05) is 25.2 Å². The molecule has 3 heteroatoms. The van der Waals surface area contributed by atoms with Crippen LogP contribution in [-0.4, -0.2) is 11.9 Å². The Bertz CT molecular complexity index is 374. The summed E-state index contributed by atoms with van der Waals surface area (Å²) >= 11 is 0. The van der Waals surface area contributed by atoms with Crippen LogP contribution in [0.2, 0.25) is 0 Å². The molecule has 0 aliphatic rings. The predicted molar refractivity (Wildman–Crippen MR) is 71.9 cm³/mol. The molecule has 1 atom stereocenters. The van der Waals surface area contributed by atoms with Crippen molar-refractivity contribution in [3.63, 3.8) is 0 Å². The van der Waals surface area contributed by atoms with E-state index >= 15 is 0 Å². The molecular weight excluding hydrogens is 212 g/mol. The quantitative estimate of drug-likeness (QED) is 0.822. The first-order valence-electron chi connectivity index (χ1n) is 6.09. The van der Waals surface area contributed by atoms with Crippen LogP contribution >= 0.6 is 0 Å². The summed E-state index contributed by atoms with van der Waals surface area (Å²) < 4.78 is 0. The van der Waals surface area contributed by atoms with Crippen LogP contribution in [0.4, 0.5) is 5.69 Å². The lowest BCUT2D eigenvalue weighted by molar-refractivity contribution is -0.114. The molecule has 0 bridgehead atoms. The van der Waals surface area contributed by atoms with Gasteiger partial charge in [-0.05, 0) is 24.5 Å². The van der Waals surface area contributed by atoms with Gasteiger partial charge in [-0.3, -0.25) is 4.79 Å². The summed E-state index contributed by atoms with van der Waals surface area (Å²) in [6.07, 6.45) is 0. The van der Waals surface area contributed by atoms with Crippen molar-refractivity contribution in [2.45, 2.75) is 40.3 Å². The smallest absolute Gasteiger partial charge is 0.221 e. The topological polar surface area (TPSA) is 41.1 Å². The number of anilines is 1. The van der Waals surface area contributed by atoms with Crippen molar-refractivity contribution in [2.24, 2.45) is 5.92 Å². The number of nitrogens with one attached hydrogen (secondary N) is 2. The third-order valence-corrected chi connectivity index (χ3v) is 2.94. The van der Waals surface area contributed by atoms with Gasteiger partial charge in [0.25, 0.3) is 0 Å². The number of amides is 1. The number of rotatable bonds is 5. The van der Waals surface area contributed by atoms with Crippen LogP contribution < -0.4 is 10.6 Å². The number of benzene rings is 1. The molecule has 94 valence electrons. The average Bonchev–Trinajstić information content (AvgIpc) is 2.26. The van der Waals surface area contributed by atoms with Gasteiger partial charge < -0.3 is 10.6 Å². The van der Waals surface area contributed by atoms with Crippen LogP contribution in [0, 0.1) is 5.92 Å². The van der Waals surface area contributed by atoms with E-state index < -0.39 is 0 Å². The molecule has 0 aliphatic heterocycles. The Morgan fingerprint density at radius 1 is 1.24 bits per heavy atom. The van der Waals surface area contributed by atoms with E-state index in [1.54, 1.807) is 0 Å². The summed E-state index contributed by atoms with van der Waals surface area (Å²) in [5.74, 6) is 0.567.